The number of hydrogen-bond donors (Lipinski definition) is 1. The van der Waals surface area contributed by atoms with Crippen LogP contribution in [-0.4, -0.2) is 35.5 Å². The first-order chi connectivity index (χ1) is 18.2. The van der Waals surface area contributed by atoms with Gasteiger partial charge in [0.1, 0.15) is 17.0 Å². The first-order valence-electron chi connectivity index (χ1n) is 12.3. The Kier molecular flexibility index (Phi) is 6.59. The molecule has 0 amide bonds. The molecule has 0 fully saturated rings. The van der Waals surface area contributed by atoms with E-state index in [1.807, 2.05) is 35.0 Å². The molecule has 5 rings (SSSR count). The number of fused-ring (bicyclic) bond motifs is 2. The van der Waals surface area contributed by atoms with Gasteiger partial charge in [0, 0.05) is 47.8 Å². The van der Waals surface area contributed by atoms with Gasteiger partial charge >= 0.3 is 0 Å². The maximum Gasteiger partial charge on any atom is 0.268 e. The van der Waals surface area contributed by atoms with Gasteiger partial charge in [0.25, 0.3) is 5.56 Å². The number of ketones is 1. The van der Waals surface area contributed by atoms with Crippen LogP contribution in [-0.2, 0) is 29.6 Å². The third kappa shape index (κ3) is 5.08. The Morgan fingerprint density at radius 1 is 1.05 bits per heavy atom. The zero-order valence-corrected chi connectivity index (χ0v) is 21.6. The van der Waals surface area contributed by atoms with Crippen LogP contribution >= 0.6 is 0 Å². The van der Waals surface area contributed by atoms with Gasteiger partial charge in [0.05, 0.1) is 24.0 Å². The standard InChI is InChI=1S/C29H28N6O3/c1-5-13-35-19(16-24(34-35)29(2,3)4)15-20(36)14-18-8-9-22(21-7-6-11-30-26(18)21)38-23-10-12-31-28-27(23)32-17-25(37)33-28/h5-12,16-17H,1,13-15H2,2-4H3,(H,31,33,37). The van der Waals surface area contributed by atoms with Crippen molar-refractivity contribution in [1.29, 1.82) is 0 Å². The number of hydrogen-bond acceptors (Lipinski definition) is 7. The van der Waals surface area contributed by atoms with Crippen LogP contribution in [0, 0.1) is 0 Å². The summed E-state index contributed by atoms with van der Waals surface area (Å²) in [5, 5.41) is 5.46. The molecule has 0 atom stereocenters. The second kappa shape index (κ2) is 10.0. The largest absolute Gasteiger partial charge is 0.454 e. The lowest BCUT2D eigenvalue weighted by molar-refractivity contribution is -0.117. The molecule has 0 aliphatic heterocycles. The number of nitrogens with one attached hydrogen (secondary N) is 1. The molecule has 0 aliphatic carbocycles. The predicted octanol–water partition coefficient (Wildman–Crippen LogP) is 4.69. The van der Waals surface area contributed by atoms with E-state index in [1.165, 1.54) is 6.20 Å². The molecule has 1 N–H and O–H groups in total. The number of carbonyl (C=O) groups is 1. The summed E-state index contributed by atoms with van der Waals surface area (Å²) in [6.45, 7) is 10.7. The highest BCUT2D eigenvalue weighted by Gasteiger charge is 2.21. The van der Waals surface area contributed by atoms with Gasteiger partial charge in [0.15, 0.2) is 11.4 Å². The normalized spacial score (nSPS) is 11.7. The molecule has 0 saturated carbocycles. The Morgan fingerprint density at radius 2 is 1.89 bits per heavy atom. The molecule has 192 valence electrons. The highest BCUT2D eigenvalue weighted by Crippen LogP contribution is 2.33. The van der Waals surface area contributed by atoms with Crippen LogP contribution in [0.15, 0.2) is 72.4 Å². The van der Waals surface area contributed by atoms with E-state index in [0.717, 1.165) is 22.3 Å². The van der Waals surface area contributed by atoms with Crippen LogP contribution in [0.2, 0.25) is 0 Å². The van der Waals surface area contributed by atoms with Crippen molar-refractivity contribution < 1.29 is 9.53 Å². The lowest BCUT2D eigenvalue weighted by Gasteiger charge is -2.14. The molecule has 0 spiro atoms. The fourth-order valence-corrected chi connectivity index (χ4v) is 4.28. The number of aromatic amines is 1. The van der Waals surface area contributed by atoms with E-state index in [9.17, 15) is 9.59 Å². The molecule has 4 heterocycles. The van der Waals surface area contributed by atoms with Gasteiger partial charge in [-0.3, -0.25) is 19.3 Å². The maximum atomic E-state index is 13.2. The molecule has 5 aromatic rings. The van der Waals surface area contributed by atoms with Crippen molar-refractivity contribution in [2.45, 2.75) is 45.6 Å². The Bertz CT molecular complexity index is 1730. The smallest absolute Gasteiger partial charge is 0.268 e. The van der Waals surface area contributed by atoms with Gasteiger partial charge in [0.2, 0.25) is 0 Å². The fraction of sp³-hybridized carbons (Fsp3) is 0.241. The minimum atomic E-state index is -0.340. The quantitative estimate of drug-likeness (QED) is 0.302. The lowest BCUT2D eigenvalue weighted by atomic mass is 9.92. The molecule has 9 nitrogen and oxygen atoms in total. The summed E-state index contributed by atoms with van der Waals surface area (Å²) in [7, 11) is 0. The van der Waals surface area contributed by atoms with Crippen LogP contribution in [0.3, 0.4) is 0 Å². The average molecular weight is 509 g/mol. The number of rotatable bonds is 8. The van der Waals surface area contributed by atoms with E-state index in [0.29, 0.717) is 34.7 Å². The maximum absolute atomic E-state index is 13.2. The van der Waals surface area contributed by atoms with Crippen molar-refractivity contribution >= 4 is 27.9 Å². The van der Waals surface area contributed by atoms with Crippen molar-refractivity contribution in [3.05, 3.63) is 94.9 Å². The molecule has 0 bridgehead atoms. The number of allylic oxidation sites excluding steroid dienone is 1. The lowest BCUT2D eigenvalue weighted by Crippen LogP contribution is -2.13. The summed E-state index contributed by atoms with van der Waals surface area (Å²) in [6.07, 6.45) is 6.70. The SMILES string of the molecule is C=CCn1nc(C(C)(C)C)cc1CC(=O)Cc1ccc(Oc2ccnc3[nH]c(=O)cnc23)c2cccnc12. The van der Waals surface area contributed by atoms with Gasteiger partial charge in [-0.05, 0) is 29.8 Å². The predicted molar refractivity (Wildman–Crippen MR) is 146 cm³/mol. The van der Waals surface area contributed by atoms with Gasteiger partial charge < -0.3 is 9.72 Å². The first-order valence-corrected chi connectivity index (χ1v) is 12.3. The topological polar surface area (TPSA) is 116 Å². The summed E-state index contributed by atoms with van der Waals surface area (Å²) >= 11 is 0. The highest BCUT2D eigenvalue weighted by molar-refractivity contribution is 5.93. The molecule has 1 aromatic carbocycles. The minimum absolute atomic E-state index is 0.0598. The number of pyridine rings is 2. The molecule has 0 unspecified atom stereocenters. The first kappa shape index (κ1) is 25.0. The molecule has 4 aromatic heterocycles. The molecular weight excluding hydrogens is 480 g/mol. The van der Waals surface area contributed by atoms with E-state index >= 15 is 0 Å². The Morgan fingerprint density at radius 3 is 2.68 bits per heavy atom. The second-order valence-electron chi connectivity index (χ2n) is 10.1. The third-order valence-electron chi connectivity index (χ3n) is 6.17. The Balaban J connectivity index is 1.43. The van der Waals surface area contributed by atoms with Crippen LogP contribution in [0.25, 0.3) is 22.1 Å². The molecule has 0 saturated heterocycles. The van der Waals surface area contributed by atoms with E-state index in [4.69, 9.17) is 9.84 Å². The number of ether oxygens (including phenoxy) is 1. The second-order valence-corrected chi connectivity index (χ2v) is 10.1. The molecule has 0 radical (unpaired) electrons. The Labute approximate surface area is 219 Å². The van der Waals surface area contributed by atoms with Crippen LogP contribution < -0.4 is 10.3 Å². The van der Waals surface area contributed by atoms with Gasteiger partial charge in [-0.1, -0.05) is 32.9 Å². The van der Waals surface area contributed by atoms with Crippen molar-refractivity contribution in [2.24, 2.45) is 0 Å². The summed E-state index contributed by atoms with van der Waals surface area (Å²) in [5.74, 6) is 1.07. The number of benzene rings is 1. The van der Waals surface area contributed by atoms with Crippen molar-refractivity contribution in [3.63, 3.8) is 0 Å². The molecule has 9 heteroatoms. The average Bonchev–Trinajstić information content (AvgIpc) is 3.28. The molecular formula is C29H28N6O3. The monoisotopic (exact) mass is 508 g/mol. The Hall–Kier alpha value is -4.66. The number of aromatic nitrogens is 6. The van der Waals surface area contributed by atoms with Crippen molar-refractivity contribution in [3.8, 4) is 11.5 Å². The fourth-order valence-electron chi connectivity index (χ4n) is 4.28. The summed E-state index contributed by atoms with van der Waals surface area (Å²) in [6, 6.07) is 11.1. The minimum Gasteiger partial charge on any atom is -0.454 e. The molecule has 0 aliphatic rings. The zero-order chi connectivity index (χ0) is 26.9. The van der Waals surface area contributed by atoms with Gasteiger partial charge in [-0.25, -0.2) is 9.97 Å². The van der Waals surface area contributed by atoms with E-state index < -0.39 is 0 Å². The molecule has 38 heavy (non-hydrogen) atoms. The zero-order valence-electron chi connectivity index (χ0n) is 21.6. The highest BCUT2D eigenvalue weighted by atomic mass is 16.5. The summed E-state index contributed by atoms with van der Waals surface area (Å²) < 4.78 is 8.05. The number of H-pyrrole nitrogens is 1. The van der Waals surface area contributed by atoms with Crippen LogP contribution in [0.1, 0.15) is 37.7 Å². The number of Topliss-reactive ketones (excluding diaryl/α,β-unsaturated/α-hetero) is 1. The number of nitrogens with zero attached hydrogens (tertiary/aromatic N) is 5. The van der Waals surface area contributed by atoms with Crippen LogP contribution in [0.5, 0.6) is 11.5 Å². The van der Waals surface area contributed by atoms with Gasteiger partial charge in [-0.15, -0.1) is 6.58 Å². The van der Waals surface area contributed by atoms with Crippen molar-refractivity contribution in [2.75, 3.05) is 0 Å². The van der Waals surface area contributed by atoms with E-state index in [2.05, 4.69) is 47.3 Å². The third-order valence-corrected chi connectivity index (χ3v) is 6.17. The summed E-state index contributed by atoms with van der Waals surface area (Å²) in [5.41, 5.74) is 3.63. The van der Waals surface area contributed by atoms with Crippen LogP contribution in [0.4, 0.5) is 0 Å². The summed E-state index contributed by atoms with van der Waals surface area (Å²) in [4.78, 5) is 40.4. The van der Waals surface area contributed by atoms with E-state index in [1.54, 1.807) is 24.5 Å². The number of carbonyl (C=O) groups excluding carboxylic acids is 1. The van der Waals surface area contributed by atoms with E-state index in [-0.39, 0.29) is 29.6 Å². The van der Waals surface area contributed by atoms with Crippen molar-refractivity contribution in [1.82, 2.24) is 29.7 Å². The van der Waals surface area contributed by atoms with Gasteiger partial charge in [-0.2, -0.15) is 5.10 Å².